The summed E-state index contributed by atoms with van der Waals surface area (Å²) < 4.78 is 10.6. The van der Waals surface area contributed by atoms with Gasteiger partial charge in [0.05, 0.1) is 31.7 Å². The van der Waals surface area contributed by atoms with Gasteiger partial charge in [0.1, 0.15) is 5.75 Å². The molecule has 2 N–H and O–H groups in total. The fourth-order valence-electron chi connectivity index (χ4n) is 2.50. The zero-order valence-electron chi connectivity index (χ0n) is 16.9. The molecule has 1 amide bonds. The molecule has 2 rings (SSSR count). The Morgan fingerprint density at radius 2 is 1.61 bits per heavy atom. The van der Waals surface area contributed by atoms with Crippen LogP contribution in [-0.2, 0) is 4.74 Å². The minimum absolute atomic E-state index is 0.130. The molecule has 0 unspecified atom stereocenters. The SMILES string of the molecule is CNCCOCCNC(=O)c1ccc(N=Nc2ccc(OC)cc2C)c(C)c1. The Kier molecular flexibility index (Phi) is 8.58. The number of carbonyl (C=O) groups is 1. The highest BCUT2D eigenvalue weighted by molar-refractivity contribution is 5.94. The summed E-state index contributed by atoms with van der Waals surface area (Å²) in [5.74, 6) is 0.658. The largest absolute Gasteiger partial charge is 0.497 e. The monoisotopic (exact) mass is 384 g/mol. The van der Waals surface area contributed by atoms with Gasteiger partial charge in [-0.05, 0) is 68.4 Å². The van der Waals surface area contributed by atoms with E-state index < -0.39 is 0 Å². The van der Waals surface area contributed by atoms with E-state index in [0.29, 0.717) is 25.3 Å². The third-order valence-electron chi connectivity index (χ3n) is 4.16. The number of azo groups is 1. The Morgan fingerprint density at radius 3 is 2.21 bits per heavy atom. The molecule has 0 atom stereocenters. The Morgan fingerprint density at radius 1 is 0.964 bits per heavy atom. The molecule has 0 bridgehead atoms. The van der Waals surface area contributed by atoms with Gasteiger partial charge in [0, 0.05) is 18.7 Å². The molecule has 2 aromatic carbocycles. The lowest BCUT2D eigenvalue weighted by atomic mass is 10.1. The van der Waals surface area contributed by atoms with Crippen molar-refractivity contribution in [3.8, 4) is 5.75 Å². The summed E-state index contributed by atoms with van der Waals surface area (Å²) in [5.41, 5.74) is 3.95. The maximum atomic E-state index is 12.2. The molecule has 0 heterocycles. The van der Waals surface area contributed by atoms with Crippen LogP contribution in [0.4, 0.5) is 11.4 Å². The maximum Gasteiger partial charge on any atom is 0.251 e. The van der Waals surface area contributed by atoms with Crippen molar-refractivity contribution >= 4 is 17.3 Å². The van der Waals surface area contributed by atoms with Crippen LogP contribution in [0.15, 0.2) is 46.6 Å². The van der Waals surface area contributed by atoms with Crippen molar-refractivity contribution in [1.29, 1.82) is 0 Å². The lowest BCUT2D eigenvalue weighted by Crippen LogP contribution is -2.28. The number of carbonyl (C=O) groups excluding carboxylic acids is 1. The van der Waals surface area contributed by atoms with E-state index in [1.165, 1.54) is 0 Å². The van der Waals surface area contributed by atoms with Crippen LogP contribution < -0.4 is 15.4 Å². The number of rotatable bonds is 10. The van der Waals surface area contributed by atoms with E-state index in [9.17, 15) is 4.79 Å². The summed E-state index contributed by atoms with van der Waals surface area (Å²) in [6.45, 7) is 6.24. The minimum Gasteiger partial charge on any atom is -0.497 e. The van der Waals surface area contributed by atoms with Crippen molar-refractivity contribution in [3.63, 3.8) is 0 Å². The first kappa shape index (κ1) is 21.5. The van der Waals surface area contributed by atoms with Crippen LogP contribution in [0.2, 0.25) is 0 Å². The van der Waals surface area contributed by atoms with E-state index in [4.69, 9.17) is 9.47 Å². The van der Waals surface area contributed by atoms with Crippen LogP contribution in [0.25, 0.3) is 0 Å². The second-order valence-electron chi connectivity index (χ2n) is 6.33. The highest BCUT2D eigenvalue weighted by atomic mass is 16.5. The third-order valence-corrected chi connectivity index (χ3v) is 4.16. The van der Waals surface area contributed by atoms with Gasteiger partial charge >= 0.3 is 0 Å². The highest BCUT2D eigenvalue weighted by Crippen LogP contribution is 2.27. The van der Waals surface area contributed by atoms with Crippen LogP contribution in [0, 0.1) is 13.8 Å². The van der Waals surface area contributed by atoms with Crippen molar-refractivity contribution in [2.75, 3.05) is 40.5 Å². The molecule has 2 aromatic rings. The number of aryl methyl sites for hydroxylation is 2. The van der Waals surface area contributed by atoms with Crippen molar-refractivity contribution < 1.29 is 14.3 Å². The Hall–Kier alpha value is -2.77. The van der Waals surface area contributed by atoms with Crippen LogP contribution >= 0.6 is 0 Å². The normalized spacial score (nSPS) is 11.0. The van der Waals surface area contributed by atoms with Crippen molar-refractivity contribution in [3.05, 3.63) is 53.1 Å². The average Bonchev–Trinajstić information content (AvgIpc) is 2.70. The summed E-state index contributed by atoms with van der Waals surface area (Å²) in [6.07, 6.45) is 0. The molecule has 0 saturated heterocycles. The topological polar surface area (TPSA) is 84.3 Å². The van der Waals surface area contributed by atoms with Gasteiger partial charge in [-0.1, -0.05) is 0 Å². The van der Waals surface area contributed by atoms with Crippen LogP contribution in [0.5, 0.6) is 5.75 Å². The van der Waals surface area contributed by atoms with Gasteiger partial charge in [0.25, 0.3) is 5.91 Å². The van der Waals surface area contributed by atoms with Gasteiger partial charge in [0.15, 0.2) is 0 Å². The first-order valence-electron chi connectivity index (χ1n) is 9.22. The molecule has 0 aromatic heterocycles. The van der Waals surface area contributed by atoms with E-state index in [1.54, 1.807) is 19.2 Å². The van der Waals surface area contributed by atoms with Gasteiger partial charge in [-0.15, -0.1) is 0 Å². The first-order valence-corrected chi connectivity index (χ1v) is 9.22. The lowest BCUT2D eigenvalue weighted by Gasteiger charge is -2.08. The zero-order valence-corrected chi connectivity index (χ0v) is 16.9. The molecule has 28 heavy (non-hydrogen) atoms. The summed E-state index contributed by atoms with van der Waals surface area (Å²) in [5, 5.41) is 14.5. The summed E-state index contributed by atoms with van der Waals surface area (Å²) >= 11 is 0. The second kappa shape index (κ2) is 11.2. The van der Waals surface area contributed by atoms with Gasteiger partial charge < -0.3 is 20.1 Å². The van der Waals surface area contributed by atoms with Gasteiger partial charge in [0.2, 0.25) is 0 Å². The third kappa shape index (κ3) is 6.44. The van der Waals surface area contributed by atoms with Crippen molar-refractivity contribution in [1.82, 2.24) is 10.6 Å². The number of likely N-dealkylation sites (N-methyl/N-ethyl adjacent to an activating group) is 1. The summed E-state index contributed by atoms with van der Waals surface area (Å²) in [4.78, 5) is 12.2. The molecule has 7 nitrogen and oxygen atoms in total. The predicted octanol–water partition coefficient (Wildman–Crippen LogP) is 3.69. The summed E-state index contributed by atoms with van der Waals surface area (Å²) in [6, 6.07) is 11.0. The number of nitrogens with one attached hydrogen (secondary N) is 2. The van der Waals surface area contributed by atoms with Gasteiger partial charge in [-0.2, -0.15) is 10.2 Å². The fourth-order valence-corrected chi connectivity index (χ4v) is 2.50. The van der Waals surface area contributed by atoms with Crippen LogP contribution in [-0.4, -0.2) is 46.4 Å². The quantitative estimate of drug-likeness (QED) is 0.483. The first-order chi connectivity index (χ1) is 13.5. The standard InChI is InChI=1S/C21H28N4O3/c1-15-13-17(21(26)23-10-12-28-11-9-22-3)5-7-19(15)24-25-20-8-6-18(27-4)14-16(20)2/h5-8,13-14,22H,9-12H2,1-4H3,(H,23,26). The number of benzene rings is 2. The van der Waals surface area contributed by atoms with E-state index in [0.717, 1.165) is 34.8 Å². The molecule has 0 aliphatic carbocycles. The molecule has 0 spiro atoms. The van der Waals surface area contributed by atoms with E-state index in [1.807, 2.05) is 45.2 Å². The fraction of sp³-hybridized carbons (Fsp3) is 0.381. The molecule has 0 fully saturated rings. The number of nitrogens with zero attached hydrogens (tertiary/aromatic N) is 2. The van der Waals surface area contributed by atoms with Crippen LogP contribution in [0.1, 0.15) is 21.5 Å². The molecule has 150 valence electrons. The molecular formula is C21H28N4O3. The predicted molar refractivity (Wildman–Crippen MR) is 110 cm³/mol. The number of ether oxygens (including phenoxy) is 2. The average molecular weight is 384 g/mol. The minimum atomic E-state index is -0.130. The molecule has 0 aliphatic rings. The van der Waals surface area contributed by atoms with Gasteiger partial charge in [-0.3, -0.25) is 4.79 Å². The second-order valence-corrected chi connectivity index (χ2v) is 6.33. The molecule has 0 radical (unpaired) electrons. The molecular weight excluding hydrogens is 356 g/mol. The van der Waals surface area contributed by atoms with E-state index in [2.05, 4.69) is 20.9 Å². The van der Waals surface area contributed by atoms with E-state index >= 15 is 0 Å². The Balaban J connectivity index is 1.95. The Bertz CT molecular complexity index is 821. The molecule has 0 aliphatic heterocycles. The maximum absolute atomic E-state index is 12.2. The number of amides is 1. The smallest absolute Gasteiger partial charge is 0.251 e. The molecule has 7 heteroatoms. The molecule has 0 saturated carbocycles. The summed E-state index contributed by atoms with van der Waals surface area (Å²) in [7, 11) is 3.50. The Labute approximate surface area is 166 Å². The van der Waals surface area contributed by atoms with E-state index in [-0.39, 0.29) is 5.91 Å². The number of hydrogen-bond donors (Lipinski definition) is 2. The lowest BCUT2D eigenvalue weighted by molar-refractivity contribution is 0.0917. The van der Waals surface area contributed by atoms with Gasteiger partial charge in [-0.25, -0.2) is 0 Å². The van der Waals surface area contributed by atoms with Crippen LogP contribution in [0.3, 0.4) is 0 Å². The van der Waals surface area contributed by atoms with Crippen molar-refractivity contribution in [2.45, 2.75) is 13.8 Å². The highest BCUT2D eigenvalue weighted by Gasteiger charge is 2.07. The number of methoxy groups -OCH3 is 1. The number of hydrogen-bond acceptors (Lipinski definition) is 6. The zero-order chi connectivity index (χ0) is 20.4. The van der Waals surface area contributed by atoms with Crippen molar-refractivity contribution in [2.24, 2.45) is 10.2 Å².